The molecule has 4 nitrogen and oxygen atoms in total. The summed E-state index contributed by atoms with van der Waals surface area (Å²) in [5.41, 5.74) is 1.35. The van der Waals surface area contributed by atoms with E-state index in [0.717, 1.165) is 5.56 Å². The first-order valence-electron chi connectivity index (χ1n) is 6.87. The molecule has 5 heteroatoms. The van der Waals surface area contributed by atoms with Gasteiger partial charge in [-0.3, -0.25) is 4.79 Å². The zero-order valence-corrected chi connectivity index (χ0v) is 12.8. The number of amides is 1. The minimum absolute atomic E-state index is 0.127. The van der Waals surface area contributed by atoms with Gasteiger partial charge >= 0.3 is 0 Å². The number of hydrogen-bond acceptors (Lipinski definition) is 2. The third kappa shape index (κ3) is 3.65. The second kappa shape index (κ2) is 6.78. The Morgan fingerprint density at radius 3 is 2.57 bits per heavy atom. The lowest BCUT2D eigenvalue weighted by molar-refractivity contribution is 0.0905. The van der Waals surface area contributed by atoms with Gasteiger partial charge in [0.15, 0.2) is 0 Å². The van der Waals surface area contributed by atoms with E-state index in [1.165, 1.54) is 0 Å². The largest absolute Gasteiger partial charge is 0.394 e. The molecule has 21 heavy (non-hydrogen) atoms. The second-order valence-corrected chi connectivity index (χ2v) is 5.60. The van der Waals surface area contributed by atoms with E-state index in [4.69, 9.17) is 11.6 Å². The van der Waals surface area contributed by atoms with Crippen molar-refractivity contribution in [3.8, 4) is 0 Å². The number of carbonyl (C=O) groups excluding carboxylic acids is 1. The lowest BCUT2D eigenvalue weighted by Gasteiger charge is -2.18. The van der Waals surface area contributed by atoms with Gasteiger partial charge in [0.25, 0.3) is 5.91 Å². The van der Waals surface area contributed by atoms with Crippen molar-refractivity contribution in [3.05, 3.63) is 58.9 Å². The summed E-state index contributed by atoms with van der Waals surface area (Å²) >= 11 is 5.99. The van der Waals surface area contributed by atoms with Gasteiger partial charge in [0.2, 0.25) is 0 Å². The van der Waals surface area contributed by atoms with Crippen molar-refractivity contribution >= 4 is 17.5 Å². The van der Waals surface area contributed by atoms with E-state index in [1.54, 1.807) is 12.3 Å². The van der Waals surface area contributed by atoms with Crippen LogP contribution < -0.4 is 5.32 Å². The molecule has 0 saturated heterocycles. The SMILES string of the molecule is CC(C)n1cc(Cl)cc1C(=O)NC(CO)c1ccccc1. The molecule has 1 heterocycles. The molecule has 0 spiro atoms. The van der Waals surface area contributed by atoms with E-state index in [1.807, 2.05) is 48.7 Å². The van der Waals surface area contributed by atoms with Crippen LogP contribution >= 0.6 is 11.6 Å². The topological polar surface area (TPSA) is 54.3 Å². The molecule has 1 aromatic carbocycles. The summed E-state index contributed by atoms with van der Waals surface area (Å²) in [6.07, 6.45) is 1.73. The Bertz CT molecular complexity index is 608. The molecular weight excluding hydrogens is 288 g/mol. The molecule has 0 aliphatic rings. The molecule has 0 fully saturated rings. The summed E-state index contributed by atoms with van der Waals surface area (Å²) in [5, 5.41) is 12.9. The molecule has 0 saturated carbocycles. The number of benzene rings is 1. The standard InChI is InChI=1S/C16H19ClN2O2/c1-11(2)19-9-13(17)8-15(19)16(21)18-14(10-20)12-6-4-3-5-7-12/h3-9,11,14,20H,10H2,1-2H3,(H,18,21). The zero-order valence-electron chi connectivity index (χ0n) is 12.1. The highest BCUT2D eigenvalue weighted by molar-refractivity contribution is 6.31. The minimum Gasteiger partial charge on any atom is -0.394 e. The van der Waals surface area contributed by atoms with Crippen LogP contribution in [0.3, 0.4) is 0 Å². The molecular formula is C16H19ClN2O2. The van der Waals surface area contributed by atoms with Crippen molar-refractivity contribution < 1.29 is 9.90 Å². The van der Waals surface area contributed by atoms with Gasteiger partial charge in [-0.25, -0.2) is 0 Å². The maximum Gasteiger partial charge on any atom is 0.268 e. The van der Waals surface area contributed by atoms with Crippen molar-refractivity contribution in [2.24, 2.45) is 0 Å². The Morgan fingerprint density at radius 1 is 1.33 bits per heavy atom. The summed E-state index contributed by atoms with van der Waals surface area (Å²) in [6, 6.07) is 10.7. The molecule has 2 N–H and O–H groups in total. The van der Waals surface area contributed by atoms with Crippen LogP contribution in [0.15, 0.2) is 42.6 Å². The summed E-state index contributed by atoms with van der Waals surface area (Å²) < 4.78 is 1.82. The first kappa shape index (κ1) is 15.6. The Balaban J connectivity index is 2.21. The first-order valence-corrected chi connectivity index (χ1v) is 7.24. The zero-order chi connectivity index (χ0) is 15.4. The van der Waals surface area contributed by atoms with E-state index in [0.29, 0.717) is 10.7 Å². The van der Waals surface area contributed by atoms with Gasteiger partial charge in [-0.05, 0) is 25.5 Å². The van der Waals surface area contributed by atoms with Crippen LogP contribution in [0.4, 0.5) is 0 Å². The number of aliphatic hydroxyl groups is 1. The van der Waals surface area contributed by atoms with Crippen molar-refractivity contribution in [1.82, 2.24) is 9.88 Å². The molecule has 0 bridgehead atoms. The predicted octanol–water partition coefficient (Wildman–Crippen LogP) is 3.19. The average molecular weight is 307 g/mol. The van der Waals surface area contributed by atoms with E-state index < -0.39 is 6.04 Å². The number of hydrogen-bond donors (Lipinski definition) is 2. The van der Waals surface area contributed by atoms with Crippen LogP contribution in [0.2, 0.25) is 5.02 Å². The Morgan fingerprint density at radius 2 is 2.00 bits per heavy atom. The molecule has 0 aliphatic carbocycles. The van der Waals surface area contributed by atoms with Gasteiger partial charge in [-0.1, -0.05) is 41.9 Å². The third-order valence-corrected chi connectivity index (χ3v) is 3.50. The van der Waals surface area contributed by atoms with Gasteiger partial charge in [-0.15, -0.1) is 0 Å². The molecule has 0 radical (unpaired) electrons. The lowest BCUT2D eigenvalue weighted by Crippen LogP contribution is -2.32. The van der Waals surface area contributed by atoms with Crippen LogP contribution in [0.1, 0.15) is 42.0 Å². The molecule has 0 aliphatic heterocycles. The molecule has 1 aromatic heterocycles. The monoisotopic (exact) mass is 306 g/mol. The van der Waals surface area contributed by atoms with Gasteiger partial charge in [-0.2, -0.15) is 0 Å². The number of nitrogens with one attached hydrogen (secondary N) is 1. The molecule has 112 valence electrons. The van der Waals surface area contributed by atoms with Crippen molar-refractivity contribution in [1.29, 1.82) is 0 Å². The normalized spacial score (nSPS) is 12.4. The molecule has 2 aromatic rings. The number of nitrogens with zero attached hydrogens (tertiary/aromatic N) is 1. The highest BCUT2D eigenvalue weighted by Gasteiger charge is 2.19. The van der Waals surface area contributed by atoms with Crippen molar-refractivity contribution in [2.75, 3.05) is 6.61 Å². The van der Waals surface area contributed by atoms with Gasteiger partial charge in [0.05, 0.1) is 17.7 Å². The summed E-state index contributed by atoms with van der Waals surface area (Å²) in [4.78, 5) is 12.4. The average Bonchev–Trinajstić information content (AvgIpc) is 2.88. The van der Waals surface area contributed by atoms with Crippen LogP contribution in [-0.2, 0) is 0 Å². The van der Waals surface area contributed by atoms with E-state index in [9.17, 15) is 9.90 Å². The molecule has 1 unspecified atom stereocenters. The number of carbonyl (C=O) groups is 1. The first-order chi connectivity index (χ1) is 10.0. The fourth-order valence-electron chi connectivity index (χ4n) is 2.21. The predicted molar refractivity (Wildman–Crippen MR) is 83.6 cm³/mol. The van der Waals surface area contributed by atoms with Crippen LogP contribution in [-0.4, -0.2) is 22.2 Å². The van der Waals surface area contributed by atoms with Gasteiger partial charge in [0, 0.05) is 12.2 Å². The molecule has 1 amide bonds. The highest BCUT2D eigenvalue weighted by Crippen LogP contribution is 2.20. The maximum absolute atomic E-state index is 12.4. The minimum atomic E-state index is -0.437. The smallest absolute Gasteiger partial charge is 0.268 e. The van der Waals surface area contributed by atoms with E-state index >= 15 is 0 Å². The van der Waals surface area contributed by atoms with Gasteiger partial charge in [0.1, 0.15) is 5.69 Å². The molecule has 1 atom stereocenters. The second-order valence-electron chi connectivity index (χ2n) is 5.16. The Kier molecular flexibility index (Phi) is 5.04. The number of aromatic nitrogens is 1. The Labute approximate surface area is 129 Å². The van der Waals surface area contributed by atoms with Crippen molar-refractivity contribution in [2.45, 2.75) is 25.9 Å². The lowest BCUT2D eigenvalue weighted by atomic mass is 10.1. The summed E-state index contributed by atoms with van der Waals surface area (Å²) in [6.45, 7) is 3.80. The number of rotatable bonds is 5. The Hall–Kier alpha value is -1.78. The van der Waals surface area contributed by atoms with E-state index in [-0.39, 0.29) is 18.6 Å². The van der Waals surface area contributed by atoms with Crippen LogP contribution in [0.5, 0.6) is 0 Å². The highest BCUT2D eigenvalue weighted by atomic mass is 35.5. The quantitative estimate of drug-likeness (QED) is 0.891. The van der Waals surface area contributed by atoms with E-state index in [2.05, 4.69) is 5.32 Å². The van der Waals surface area contributed by atoms with Crippen molar-refractivity contribution in [3.63, 3.8) is 0 Å². The molecule has 2 rings (SSSR count). The number of halogens is 1. The fraction of sp³-hybridized carbons (Fsp3) is 0.312. The number of aliphatic hydroxyl groups excluding tert-OH is 1. The fourth-order valence-corrected chi connectivity index (χ4v) is 2.42. The maximum atomic E-state index is 12.4. The van der Waals surface area contributed by atoms with Crippen LogP contribution in [0.25, 0.3) is 0 Å². The summed E-state index contributed by atoms with van der Waals surface area (Å²) in [5.74, 6) is -0.251. The van der Waals surface area contributed by atoms with Gasteiger partial charge < -0.3 is 15.0 Å². The van der Waals surface area contributed by atoms with Crippen LogP contribution in [0, 0.1) is 0 Å². The third-order valence-electron chi connectivity index (χ3n) is 3.29. The summed E-state index contributed by atoms with van der Waals surface area (Å²) in [7, 11) is 0.